The van der Waals surface area contributed by atoms with Crippen LogP contribution in [0.1, 0.15) is 6.42 Å². The molecule has 1 aromatic heterocycles. The van der Waals surface area contributed by atoms with E-state index in [1.807, 2.05) is 23.0 Å². The third kappa shape index (κ3) is 4.83. The van der Waals surface area contributed by atoms with E-state index < -0.39 is 0 Å². The van der Waals surface area contributed by atoms with Crippen LogP contribution in [-0.4, -0.2) is 48.4 Å². The van der Waals surface area contributed by atoms with Gasteiger partial charge in [-0.15, -0.1) is 0 Å². The first-order valence-electron chi connectivity index (χ1n) is 8.56. The minimum Gasteiger partial charge on any atom is -0.371 e. The van der Waals surface area contributed by atoms with Crippen molar-refractivity contribution in [2.45, 2.75) is 13.0 Å². The number of amides is 1. The maximum Gasteiger partial charge on any atom is 0.233 e. The van der Waals surface area contributed by atoms with E-state index in [0.717, 1.165) is 39.1 Å². The van der Waals surface area contributed by atoms with Gasteiger partial charge in [-0.25, -0.2) is 0 Å². The summed E-state index contributed by atoms with van der Waals surface area (Å²) in [6, 6.07) is 12.4. The van der Waals surface area contributed by atoms with Gasteiger partial charge in [-0.1, -0.05) is 18.2 Å². The lowest BCUT2D eigenvalue weighted by Gasteiger charge is -2.18. The van der Waals surface area contributed by atoms with Gasteiger partial charge in [-0.3, -0.25) is 9.48 Å². The quantitative estimate of drug-likeness (QED) is 0.713. The van der Waals surface area contributed by atoms with Gasteiger partial charge in [0.05, 0.1) is 13.1 Å². The summed E-state index contributed by atoms with van der Waals surface area (Å²) in [6.45, 7) is 4.69. The number of para-hydroxylation sites is 1. The molecule has 1 fully saturated rings. The van der Waals surface area contributed by atoms with Gasteiger partial charge in [0.1, 0.15) is 0 Å². The second kappa shape index (κ2) is 8.49. The maximum atomic E-state index is 11.9. The van der Waals surface area contributed by atoms with E-state index in [-0.39, 0.29) is 5.91 Å². The summed E-state index contributed by atoms with van der Waals surface area (Å²) in [5.41, 5.74) is 1.27. The van der Waals surface area contributed by atoms with Crippen LogP contribution in [0, 0.1) is 5.92 Å². The highest BCUT2D eigenvalue weighted by Gasteiger charge is 2.22. The van der Waals surface area contributed by atoms with Crippen LogP contribution in [0.3, 0.4) is 0 Å². The van der Waals surface area contributed by atoms with Crippen molar-refractivity contribution in [3.05, 3.63) is 48.8 Å². The molecule has 0 aliphatic carbocycles. The van der Waals surface area contributed by atoms with Gasteiger partial charge in [0.25, 0.3) is 0 Å². The first kappa shape index (κ1) is 16.5. The minimum atomic E-state index is 0.0635. The Bertz CT molecular complexity index is 614. The molecule has 128 valence electrons. The van der Waals surface area contributed by atoms with Gasteiger partial charge < -0.3 is 15.5 Å². The summed E-state index contributed by atoms with van der Waals surface area (Å²) in [6.07, 6.45) is 4.80. The SMILES string of the molecule is O=C(CNCCn1cccn1)NCC1CCN(c2ccccc2)C1. The molecule has 1 aromatic carbocycles. The number of carbonyl (C=O) groups is 1. The Hall–Kier alpha value is -2.34. The molecule has 6 nitrogen and oxygen atoms in total. The average Bonchev–Trinajstić information content (AvgIpc) is 3.29. The molecule has 0 saturated carbocycles. The van der Waals surface area contributed by atoms with Crippen LogP contribution in [-0.2, 0) is 11.3 Å². The van der Waals surface area contributed by atoms with E-state index in [0.29, 0.717) is 12.5 Å². The average molecular weight is 327 g/mol. The van der Waals surface area contributed by atoms with Crippen molar-refractivity contribution in [2.75, 3.05) is 37.6 Å². The van der Waals surface area contributed by atoms with Crippen molar-refractivity contribution in [3.8, 4) is 0 Å². The third-order valence-electron chi connectivity index (χ3n) is 4.36. The Balaban J connectivity index is 1.29. The van der Waals surface area contributed by atoms with E-state index in [4.69, 9.17) is 0 Å². The highest BCUT2D eigenvalue weighted by atomic mass is 16.1. The van der Waals surface area contributed by atoms with E-state index in [1.165, 1.54) is 5.69 Å². The highest BCUT2D eigenvalue weighted by molar-refractivity contribution is 5.77. The lowest BCUT2D eigenvalue weighted by Crippen LogP contribution is -2.38. The Labute approximate surface area is 142 Å². The molecule has 0 bridgehead atoms. The summed E-state index contributed by atoms with van der Waals surface area (Å²) < 4.78 is 1.85. The first-order chi connectivity index (χ1) is 11.8. The zero-order chi connectivity index (χ0) is 16.6. The molecule has 2 heterocycles. The van der Waals surface area contributed by atoms with E-state index in [2.05, 4.69) is 44.9 Å². The number of benzene rings is 1. The molecular formula is C18H25N5O. The zero-order valence-electron chi connectivity index (χ0n) is 13.9. The molecule has 6 heteroatoms. The molecule has 3 rings (SSSR count). The third-order valence-corrected chi connectivity index (χ3v) is 4.36. The fraction of sp³-hybridized carbons (Fsp3) is 0.444. The van der Waals surface area contributed by atoms with Gasteiger partial charge >= 0.3 is 0 Å². The van der Waals surface area contributed by atoms with Crippen LogP contribution in [0.2, 0.25) is 0 Å². The van der Waals surface area contributed by atoms with Crippen LogP contribution in [0.25, 0.3) is 0 Å². The van der Waals surface area contributed by atoms with Crippen molar-refractivity contribution < 1.29 is 4.79 Å². The Morgan fingerprint density at radius 3 is 2.92 bits per heavy atom. The molecule has 2 N–H and O–H groups in total. The molecule has 1 saturated heterocycles. The largest absolute Gasteiger partial charge is 0.371 e. The van der Waals surface area contributed by atoms with Crippen LogP contribution >= 0.6 is 0 Å². The Kier molecular flexibility index (Phi) is 5.85. The van der Waals surface area contributed by atoms with E-state index in [9.17, 15) is 4.79 Å². The number of rotatable bonds is 8. The molecule has 24 heavy (non-hydrogen) atoms. The van der Waals surface area contributed by atoms with Crippen molar-refractivity contribution in [2.24, 2.45) is 5.92 Å². The van der Waals surface area contributed by atoms with Gasteiger partial charge in [0.2, 0.25) is 5.91 Å². The predicted octanol–water partition coefficient (Wildman–Crippen LogP) is 1.12. The number of hydrogen-bond donors (Lipinski definition) is 2. The van der Waals surface area contributed by atoms with E-state index >= 15 is 0 Å². The maximum absolute atomic E-state index is 11.9. The van der Waals surface area contributed by atoms with Gasteiger partial charge in [0, 0.05) is 44.3 Å². The van der Waals surface area contributed by atoms with Crippen molar-refractivity contribution in [3.63, 3.8) is 0 Å². The minimum absolute atomic E-state index is 0.0635. The second-order valence-electron chi connectivity index (χ2n) is 6.19. The predicted molar refractivity (Wildman–Crippen MR) is 94.9 cm³/mol. The Morgan fingerprint density at radius 1 is 1.25 bits per heavy atom. The van der Waals surface area contributed by atoms with Gasteiger partial charge in [-0.2, -0.15) is 5.10 Å². The molecule has 2 aromatic rings. The highest BCUT2D eigenvalue weighted by Crippen LogP contribution is 2.22. The summed E-state index contributed by atoms with van der Waals surface area (Å²) >= 11 is 0. The lowest BCUT2D eigenvalue weighted by molar-refractivity contribution is -0.120. The molecule has 1 amide bonds. The first-order valence-corrected chi connectivity index (χ1v) is 8.56. The normalized spacial score (nSPS) is 17.2. The molecule has 1 aliphatic heterocycles. The summed E-state index contributed by atoms with van der Waals surface area (Å²) in [7, 11) is 0. The van der Waals surface area contributed by atoms with Crippen molar-refractivity contribution in [1.82, 2.24) is 20.4 Å². The molecule has 1 aliphatic rings. The monoisotopic (exact) mass is 327 g/mol. The van der Waals surface area contributed by atoms with Crippen LogP contribution in [0.5, 0.6) is 0 Å². The standard InChI is InChI=1S/C18H25N5O/c24-18(14-19-9-12-23-10-4-8-21-23)20-13-16-7-11-22(15-16)17-5-2-1-3-6-17/h1-6,8,10,16,19H,7,9,11-15H2,(H,20,24). The number of nitrogens with one attached hydrogen (secondary N) is 2. The van der Waals surface area contributed by atoms with Crippen molar-refractivity contribution >= 4 is 11.6 Å². The second-order valence-corrected chi connectivity index (χ2v) is 6.19. The summed E-state index contributed by atoms with van der Waals surface area (Å²) in [5.74, 6) is 0.590. The molecule has 1 atom stereocenters. The molecule has 0 spiro atoms. The smallest absolute Gasteiger partial charge is 0.233 e. The number of anilines is 1. The van der Waals surface area contributed by atoms with Crippen LogP contribution < -0.4 is 15.5 Å². The summed E-state index contributed by atoms with van der Waals surface area (Å²) in [4.78, 5) is 14.3. The van der Waals surface area contributed by atoms with E-state index in [1.54, 1.807) is 6.20 Å². The number of aromatic nitrogens is 2. The molecule has 1 unspecified atom stereocenters. The topological polar surface area (TPSA) is 62.2 Å². The molecular weight excluding hydrogens is 302 g/mol. The van der Waals surface area contributed by atoms with Gasteiger partial charge in [-0.05, 0) is 30.5 Å². The fourth-order valence-corrected chi connectivity index (χ4v) is 3.02. The summed E-state index contributed by atoms with van der Waals surface area (Å²) in [5, 5.41) is 10.3. The van der Waals surface area contributed by atoms with Crippen LogP contribution in [0.4, 0.5) is 5.69 Å². The zero-order valence-corrected chi connectivity index (χ0v) is 13.9. The Morgan fingerprint density at radius 2 is 2.12 bits per heavy atom. The lowest BCUT2D eigenvalue weighted by atomic mass is 10.1. The van der Waals surface area contributed by atoms with Crippen molar-refractivity contribution in [1.29, 1.82) is 0 Å². The number of hydrogen-bond acceptors (Lipinski definition) is 4. The fourth-order valence-electron chi connectivity index (χ4n) is 3.02. The van der Waals surface area contributed by atoms with Crippen LogP contribution in [0.15, 0.2) is 48.8 Å². The number of nitrogens with zero attached hydrogens (tertiary/aromatic N) is 3. The molecule has 0 radical (unpaired) electrons. The van der Waals surface area contributed by atoms with Gasteiger partial charge in [0.15, 0.2) is 0 Å². The number of carbonyl (C=O) groups excluding carboxylic acids is 1.